The molecule has 3 rings (SSSR count). The highest BCUT2D eigenvalue weighted by Gasteiger charge is 2.13. The van der Waals surface area contributed by atoms with Gasteiger partial charge in [0, 0.05) is 23.0 Å². The first-order valence-corrected chi connectivity index (χ1v) is 9.39. The highest BCUT2D eigenvalue weighted by Crippen LogP contribution is 2.30. The van der Waals surface area contributed by atoms with Gasteiger partial charge < -0.3 is 4.42 Å². The number of nitrogens with zero attached hydrogens (tertiary/aromatic N) is 1. The molecular formula is C17H19NO2S2. The van der Waals surface area contributed by atoms with E-state index in [0.29, 0.717) is 11.5 Å². The van der Waals surface area contributed by atoms with Crippen LogP contribution in [0.3, 0.4) is 0 Å². The molecule has 0 saturated carbocycles. The van der Waals surface area contributed by atoms with Crippen molar-refractivity contribution >= 4 is 38.9 Å². The van der Waals surface area contributed by atoms with Crippen molar-refractivity contribution in [1.29, 1.82) is 0 Å². The van der Waals surface area contributed by atoms with E-state index in [-0.39, 0.29) is 5.63 Å². The zero-order valence-electron chi connectivity index (χ0n) is 13.0. The summed E-state index contributed by atoms with van der Waals surface area (Å²) in [6.45, 7) is 7.35. The molecule has 0 radical (unpaired) electrons. The highest BCUT2D eigenvalue weighted by atomic mass is 32.2. The van der Waals surface area contributed by atoms with E-state index in [1.807, 2.05) is 6.07 Å². The van der Waals surface area contributed by atoms with E-state index in [2.05, 4.69) is 31.8 Å². The first kappa shape index (κ1) is 15.7. The van der Waals surface area contributed by atoms with E-state index < -0.39 is 0 Å². The van der Waals surface area contributed by atoms with E-state index >= 15 is 0 Å². The van der Waals surface area contributed by atoms with Gasteiger partial charge in [-0.2, -0.15) is 0 Å². The zero-order valence-corrected chi connectivity index (χ0v) is 14.6. The van der Waals surface area contributed by atoms with Crippen molar-refractivity contribution in [3.63, 3.8) is 0 Å². The third-order valence-corrected chi connectivity index (χ3v) is 6.05. The monoisotopic (exact) mass is 333 g/mol. The molecule has 2 heterocycles. The number of benzene rings is 1. The predicted octanol–water partition coefficient (Wildman–Crippen LogP) is 4.56. The zero-order chi connectivity index (χ0) is 15.7. The molecule has 0 amide bonds. The van der Waals surface area contributed by atoms with Crippen LogP contribution in [0.5, 0.6) is 0 Å². The van der Waals surface area contributed by atoms with Crippen molar-refractivity contribution in [1.82, 2.24) is 0 Å². The molecule has 0 N–H and O–H groups in total. The Morgan fingerprint density at radius 3 is 2.86 bits per heavy atom. The van der Waals surface area contributed by atoms with Crippen LogP contribution in [0.4, 0.5) is 0 Å². The van der Waals surface area contributed by atoms with E-state index in [1.54, 1.807) is 29.6 Å². The molecule has 1 aromatic carbocycles. The largest absolute Gasteiger partial charge is 0.423 e. The van der Waals surface area contributed by atoms with Crippen LogP contribution < -0.4 is 5.63 Å². The van der Waals surface area contributed by atoms with Crippen LogP contribution in [0.1, 0.15) is 36.5 Å². The first-order valence-electron chi connectivity index (χ1n) is 7.42. The summed E-state index contributed by atoms with van der Waals surface area (Å²) in [4.78, 5) is 16.3. The fourth-order valence-electron chi connectivity index (χ4n) is 2.68. The Hall–Kier alpha value is -1.20. The van der Waals surface area contributed by atoms with Crippen LogP contribution in [0.25, 0.3) is 11.0 Å². The summed E-state index contributed by atoms with van der Waals surface area (Å²) in [5.41, 5.74) is 3.92. The van der Waals surface area contributed by atoms with E-state index in [0.717, 1.165) is 33.4 Å². The van der Waals surface area contributed by atoms with Crippen LogP contribution >= 0.6 is 23.5 Å². The molecule has 0 saturated heterocycles. The second kappa shape index (κ2) is 6.50. The van der Waals surface area contributed by atoms with Crippen molar-refractivity contribution in [2.45, 2.75) is 32.4 Å². The average molecular weight is 333 g/mol. The van der Waals surface area contributed by atoms with Gasteiger partial charge in [0.15, 0.2) is 0 Å². The van der Waals surface area contributed by atoms with Gasteiger partial charge in [-0.05, 0) is 41.7 Å². The van der Waals surface area contributed by atoms with Gasteiger partial charge in [0.2, 0.25) is 0 Å². The van der Waals surface area contributed by atoms with E-state index in [4.69, 9.17) is 4.42 Å². The van der Waals surface area contributed by atoms with Crippen molar-refractivity contribution in [3.05, 3.63) is 45.3 Å². The first-order chi connectivity index (χ1) is 10.5. The van der Waals surface area contributed by atoms with Gasteiger partial charge in [0.1, 0.15) is 9.96 Å². The quantitative estimate of drug-likeness (QED) is 0.772. The lowest BCUT2D eigenvalue weighted by atomic mass is 9.95. The Labute approximate surface area is 138 Å². The SMILES string of the molecule is Cc1cc2oc(=O)cc(CSC3=NCCS3)c2cc1C(C)C. The van der Waals surface area contributed by atoms with Crippen LogP contribution in [0.2, 0.25) is 0 Å². The molecule has 0 spiro atoms. The molecule has 5 heteroatoms. The van der Waals surface area contributed by atoms with Crippen LogP contribution in [0, 0.1) is 6.92 Å². The second-order valence-corrected chi connectivity index (χ2v) is 8.04. The van der Waals surface area contributed by atoms with E-state index in [9.17, 15) is 4.79 Å². The average Bonchev–Trinajstić information content (AvgIpc) is 2.96. The number of aryl methyl sites for hydroxylation is 1. The summed E-state index contributed by atoms with van der Waals surface area (Å²) in [7, 11) is 0. The highest BCUT2D eigenvalue weighted by molar-refractivity contribution is 8.38. The smallest absolute Gasteiger partial charge is 0.336 e. The Morgan fingerprint density at radius 2 is 2.18 bits per heavy atom. The number of hydrogen-bond acceptors (Lipinski definition) is 5. The fourth-order valence-corrected chi connectivity index (χ4v) is 4.68. The molecule has 0 atom stereocenters. The molecule has 1 aliphatic heterocycles. The van der Waals surface area contributed by atoms with Crippen LogP contribution in [-0.4, -0.2) is 16.7 Å². The summed E-state index contributed by atoms with van der Waals surface area (Å²) >= 11 is 3.50. The summed E-state index contributed by atoms with van der Waals surface area (Å²) in [6.07, 6.45) is 0. The van der Waals surface area contributed by atoms with Gasteiger partial charge in [-0.3, -0.25) is 4.99 Å². The fraction of sp³-hybridized carbons (Fsp3) is 0.412. The molecule has 116 valence electrons. The third-order valence-electron chi connectivity index (χ3n) is 3.75. The molecule has 0 fully saturated rings. The van der Waals surface area contributed by atoms with Gasteiger partial charge in [-0.15, -0.1) is 0 Å². The Bertz CT molecular complexity index is 793. The van der Waals surface area contributed by atoms with Gasteiger partial charge >= 0.3 is 5.63 Å². The molecule has 0 unspecified atom stereocenters. The Balaban J connectivity index is 2.03. The normalized spacial score (nSPS) is 14.8. The third kappa shape index (κ3) is 3.25. The summed E-state index contributed by atoms with van der Waals surface area (Å²) in [5, 5.41) is 1.05. The van der Waals surface area contributed by atoms with Crippen molar-refractivity contribution in [3.8, 4) is 0 Å². The standard InChI is InChI=1S/C17H19NO2S2/c1-10(2)13-8-14-12(9-22-17-18-4-5-21-17)7-16(19)20-15(14)6-11(13)3/h6-8,10H,4-5,9H2,1-3H3. The molecule has 1 aromatic heterocycles. The molecular weight excluding hydrogens is 314 g/mol. The van der Waals surface area contributed by atoms with Crippen molar-refractivity contribution in [2.75, 3.05) is 12.3 Å². The number of thioether (sulfide) groups is 2. The maximum atomic E-state index is 11.8. The van der Waals surface area contributed by atoms with Crippen molar-refractivity contribution < 1.29 is 4.42 Å². The lowest BCUT2D eigenvalue weighted by Crippen LogP contribution is -2.02. The lowest BCUT2D eigenvalue weighted by molar-refractivity contribution is 0.559. The Morgan fingerprint density at radius 1 is 1.36 bits per heavy atom. The summed E-state index contributed by atoms with van der Waals surface area (Å²) in [5.74, 6) is 2.28. The minimum Gasteiger partial charge on any atom is -0.423 e. The van der Waals surface area contributed by atoms with Gasteiger partial charge in [0.25, 0.3) is 0 Å². The maximum Gasteiger partial charge on any atom is 0.336 e. The van der Waals surface area contributed by atoms with Crippen LogP contribution in [-0.2, 0) is 5.75 Å². The topological polar surface area (TPSA) is 42.6 Å². The van der Waals surface area contributed by atoms with Crippen LogP contribution in [0.15, 0.2) is 32.4 Å². The summed E-state index contributed by atoms with van der Waals surface area (Å²) in [6, 6.07) is 5.79. The lowest BCUT2D eigenvalue weighted by Gasteiger charge is -2.13. The minimum absolute atomic E-state index is 0.277. The number of rotatable bonds is 3. The molecule has 2 aromatic rings. The number of fused-ring (bicyclic) bond motifs is 1. The summed E-state index contributed by atoms with van der Waals surface area (Å²) < 4.78 is 6.51. The molecule has 22 heavy (non-hydrogen) atoms. The predicted molar refractivity (Wildman–Crippen MR) is 97.4 cm³/mol. The van der Waals surface area contributed by atoms with E-state index in [1.165, 1.54) is 11.1 Å². The molecule has 0 bridgehead atoms. The Kier molecular flexibility index (Phi) is 4.64. The molecule has 1 aliphatic rings. The van der Waals surface area contributed by atoms with Crippen molar-refractivity contribution in [2.24, 2.45) is 4.99 Å². The number of aliphatic imine (C=N–C) groups is 1. The molecule has 0 aliphatic carbocycles. The molecule has 3 nitrogen and oxygen atoms in total. The van der Waals surface area contributed by atoms with Gasteiger partial charge in [-0.1, -0.05) is 37.4 Å². The van der Waals surface area contributed by atoms with Gasteiger partial charge in [-0.25, -0.2) is 4.79 Å². The minimum atomic E-state index is -0.277. The maximum absolute atomic E-state index is 11.8. The second-order valence-electron chi connectivity index (χ2n) is 5.74. The number of hydrogen-bond donors (Lipinski definition) is 0. The van der Waals surface area contributed by atoms with Gasteiger partial charge in [0.05, 0.1) is 6.54 Å².